The van der Waals surface area contributed by atoms with Crippen molar-refractivity contribution in [3.63, 3.8) is 0 Å². The van der Waals surface area contributed by atoms with E-state index in [-0.39, 0.29) is 52.4 Å². The second-order valence-electron chi connectivity index (χ2n) is 14.6. The van der Waals surface area contributed by atoms with Gasteiger partial charge in [-0.3, -0.25) is 19.3 Å². The van der Waals surface area contributed by atoms with Crippen molar-refractivity contribution in [3.05, 3.63) is 80.5 Å². The second kappa shape index (κ2) is 12.6. The smallest absolute Gasteiger partial charge is 0.407 e. The number of anilines is 1. The number of Topliss-reactive ketones (excluding diaryl/α,β-unsaturated/α-hetero) is 1. The third-order valence-electron chi connectivity index (χ3n) is 9.96. The lowest BCUT2D eigenvalue weighted by molar-refractivity contribution is 0.0371. The van der Waals surface area contributed by atoms with E-state index in [4.69, 9.17) is 13.9 Å². The number of nitrogens with zero attached hydrogens (tertiary/aromatic N) is 3. The maximum Gasteiger partial charge on any atom is 0.407 e. The van der Waals surface area contributed by atoms with E-state index < -0.39 is 22.9 Å². The Hall–Kier alpha value is -5.07. The highest BCUT2D eigenvalue weighted by Gasteiger charge is 2.32. The fraction of sp³-hybridized carbons (Fsp3) is 0.385. The van der Waals surface area contributed by atoms with E-state index in [1.807, 2.05) is 24.3 Å². The van der Waals surface area contributed by atoms with Crippen LogP contribution in [0.15, 0.2) is 62.7 Å². The van der Waals surface area contributed by atoms with Gasteiger partial charge in [0.1, 0.15) is 16.8 Å². The molecule has 0 aliphatic carbocycles. The number of aromatic nitrogens is 1. The number of pyridine rings is 1. The Kier molecular flexibility index (Phi) is 8.18. The molecule has 0 saturated carbocycles. The number of alkyl carbamates (subject to hydrolysis) is 1. The molecule has 0 unspecified atom stereocenters. The molecular weight excluding hydrogens is 655 g/mol. The van der Waals surface area contributed by atoms with E-state index in [1.165, 1.54) is 6.07 Å². The summed E-state index contributed by atoms with van der Waals surface area (Å²) < 4.78 is 35.5. The molecule has 1 atom stereocenters. The van der Waals surface area contributed by atoms with Crippen molar-refractivity contribution < 1.29 is 27.9 Å². The topological polar surface area (TPSA) is 123 Å². The first-order valence-electron chi connectivity index (χ1n) is 17.5. The molecule has 264 valence electrons. The minimum atomic E-state index is -0.691. The van der Waals surface area contributed by atoms with Gasteiger partial charge in [-0.1, -0.05) is 24.3 Å². The number of ketones is 1. The Bertz CT molecular complexity index is 2480. The number of carbonyl (C=O) groups excluding carboxylic acids is 2. The predicted molar refractivity (Wildman–Crippen MR) is 194 cm³/mol. The first kappa shape index (κ1) is 33.1. The summed E-state index contributed by atoms with van der Waals surface area (Å²) in [6.45, 7) is 9.61. The van der Waals surface area contributed by atoms with Gasteiger partial charge < -0.3 is 28.5 Å². The summed E-state index contributed by atoms with van der Waals surface area (Å²) in [7, 11) is 0. The lowest BCUT2D eigenvalue weighted by Gasteiger charge is -2.26. The van der Waals surface area contributed by atoms with E-state index in [0.717, 1.165) is 18.5 Å². The Labute approximate surface area is 291 Å². The highest BCUT2D eigenvalue weighted by Crippen LogP contribution is 2.39. The molecule has 2 aliphatic heterocycles. The molecule has 1 amide bonds. The maximum atomic E-state index is 16.4. The lowest BCUT2D eigenvalue weighted by atomic mass is 10.0. The minimum absolute atomic E-state index is 0.0236. The molecule has 6 aromatic rings. The molecule has 0 radical (unpaired) electrons. The second-order valence-corrected chi connectivity index (χ2v) is 14.6. The van der Waals surface area contributed by atoms with Gasteiger partial charge in [0.15, 0.2) is 33.6 Å². The van der Waals surface area contributed by atoms with Crippen LogP contribution in [0, 0.1) is 5.82 Å². The number of amides is 1. The molecule has 51 heavy (non-hydrogen) atoms. The van der Waals surface area contributed by atoms with Gasteiger partial charge in [0.05, 0.1) is 35.7 Å². The van der Waals surface area contributed by atoms with E-state index in [9.17, 15) is 19.2 Å². The first-order valence-corrected chi connectivity index (χ1v) is 17.5. The number of halogens is 1. The SMILES string of the molecule is CC(C)(C)OC(=O)N[C@H]1CCN(c2c(F)cc3c(=O)c(C(=O)CCCN4CCOCC4)cn4c5cc6c(cc5oc2c34)c(=O)c2ccccc26)C1. The minimum Gasteiger partial charge on any atom is -0.451 e. The molecule has 8 rings (SSSR count). The van der Waals surface area contributed by atoms with E-state index in [0.29, 0.717) is 71.9 Å². The number of morpholine rings is 1. The van der Waals surface area contributed by atoms with Crippen molar-refractivity contribution in [3.8, 4) is 0 Å². The number of nitrogens with one attached hydrogen (secondary N) is 1. The molecule has 4 aromatic carbocycles. The molecule has 2 fully saturated rings. The van der Waals surface area contributed by atoms with Crippen molar-refractivity contribution in [2.45, 2.75) is 51.7 Å². The van der Waals surface area contributed by atoms with E-state index in [1.54, 1.807) is 48.4 Å². The molecule has 0 bridgehead atoms. The first-order chi connectivity index (χ1) is 24.5. The monoisotopic (exact) mass is 694 g/mol. The summed E-state index contributed by atoms with van der Waals surface area (Å²) >= 11 is 0. The van der Waals surface area contributed by atoms with Crippen LogP contribution in [0.5, 0.6) is 0 Å². The molecule has 2 aliphatic rings. The fourth-order valence-corrected chi connectivity index (χ4v) is 7.59. The van der Waals surface area contributed by atoms with Crippen molar-refractivity contribution >= 4 is 66.7 Å². The quantitative estimate of drug-likeness (QED) is 0.125. The third-order valence-corrected chi connectivity index (χ3v) is 9.96. The normalized spacial score (nSPS) is 17.4. The Balaban J connectivity index is 1.27. The van der Waals surface area contributed by atoms with Gasteiger partial charge in [-0.25, -0.2) is 9.18 Å². The number of hydrogen-bond acceptors (Lipinski definition) is 9. The van der Waals surface area contributed by atoms with Crippen LogP contribution in [0.1, 0.15) is 50.4 Å². The largest absolute Gasteiger partial charge is 0.451 e. The fourth-order valence-electron chi connectivity index (χ4n) is 7.59. The molecule has 1 N–H and O–H groups in total. The van der Waals surface area contributed by atoms with E-state index >= 15 is 4.39 Å². The van der Waals surface area contributed by atoms with Gasteiger partial charge >= 0.3 is 6.09 Å². The zero-order chi connectivity index (χ0) is 35.6. The van der Waals surface area contributed by atoms with Crippen LogP contribution in [0.2, 0.25) is 0 Å². The van der Waals surface area contributed by atoms with E-state index in [2.05, 4.69) is 10.2 Å². The summed E-state index contributed by atoms with van der Waals surface area (Å²) in [5.74, 6) is -1.01. The number of fused-ring (bicyclic) bond motifs is 5. The Morgan fingerprint density at radius 1 is 0.961 bits per heavy atom. The summed E-state index contributed by atoms with van der Waals surface area (Å²) in [6.07, 6.45) is 2.22. The van der Waals surface area contributed by atoms with Crippen LogP contribution >= 0.6 is 0 Å². The van der Waals surface area contributed by atoms with Crippen LogP contribution in [-0.4, -0.2) is 78.8 Å². The van der Waals surface area contributed by atoms with Gasteiger partial charge in [0.25, 0.3) is 0 Å². The summed E-state index contributed by atoms with van der Waals surface area (Å²) in [5.41, 5.74) is -0.0122. The van der Waals surface area contributed by atoms with Crippen LogP contribution in [0.25, 0.3) is 49.1 Å². The number of rotatable bonds is 7. The highest BCUT2D eigenvalue weighted by atomic mass is 19.1. The number of hydrogen-bond donors (Lipinski definition) is 1. The summed E-state index contributed by atoms with van der Waals surface area (Å²) in [6, 6.07) is 11.7. The van der Waals surface area contributed by atoms with Crippen LogP contribution in [0.3, 0.4) is 0 Å². The predicted octanol–water partition coefficient (Wildman–Crippen LogP) is 5.84. The average Bonchev–Trinajstić information content (AvgIpc) is 3.66. The number of ether oxygens (including phenoxy) is 2. The van der Waals surface area contributed by atoms with Crippen LogP contribution in [-0.2, 0) is 9.47 Å². The standard InChI is InChI=1S/C39H39FN4O7/c1-39(2,3)51-38(48)41-22-10-12-43(20-22)34-29(40)17-27-33-37(34)50-32-19-26-25(23-7-4-5-8-24(23)35(26)46)18-30(32)44(33)21-28(36(27)47)31(45)9-6-11-42-13-15-49-16-14-42/h4-5,7-8,17-19,21-22H,6,9-16,20H2,1-3H3,(H,41,48)/t22-/m0/s1. The molecule has 4 heterocycles. The molecule has 0 spiro atoms. The summed E-state index contributed by atoms with van der Waals surface area (Å²) in [4.78, 5) is 57.8. The van der Waals surface area contributed by atoms with Gasteiger partial charge in [-0.15, -0.1) is 0 Å². The number of carbonyl (C=O) groups is 2. The zero-order valence-electron chi connectivity index (χ0n) is 28.8. The average molecular weight is 695 g/mol. The Morgan fingerprint density at radius 3 is 2.49 bits per heavy atom. The van der Waals surface area contributed by atoms with Crippen molar-refractivity contribution in [2.24, 2.45) is 0 Å². The lowest BCUT2D eigenvalue weighted by Crippen LogP contribution is -2.40. The third kappa shape index (κ3) is 5.95. The molecule has 12 heteroatoms. The van der Waals surface area contributed by atoms with Crippen molar-refractivity contribution in [1.82, 2.24) is 14.6 Å². The molecule has 2 aromatic heterocycles. The van der Waals surface area contributed by atoms with Crippen LogP contribution < -0.4 is 21.1 Å². The van der Waals surface area contributed by atoms with Gasteiger partial charge in [0, 0.05) is 49.6 Å². The molecule has 11 nitrogen and oxygen atoms in total. The maximum absolute atomic E-state index is 16.4. The van der Waals surface area contributed by atoms with Gasteiger partial charge in [0.2, 0.25) is 0 Å². The molecular formula is C39H39FN4O7. The molecule has 2 saturated heterocycles. The van der Waals surface area contributed by atoms with Gasteiger partial charge in [-0.2, -0.15) is 0 Å². The highest BCUT2D eigenvalue weighted by molar-refractivity contribution is 6.15. The Morgan fingerprint density at radius 2 is 1.73 bits per heavy atom. The van der Waals surface area contributed by atoms with Crippen molar-refractivity contribution in [1.29, 1.82) is 0 Å². The van der Waals surface area contributed by atoms with Gasteiger partial charge in [-0.05, 0) is 69.1 Å². The van der Waals surface area contributed by atoms with Crippen LogP contribution in [0.4, 0.5) is 14.9 Å². The zero-order valence-corrected chi connectivity index (χ0v) is 28.8. The number of benzene rings is 3. The summed E-state index contributed by atoms with van der Waals surface area (Å²) in [5, 5.41) is 5.41. The van der Waals surface area contributed by atoms with Crippen molar-refractivity contribution in [2.75, 3.05) is 50.8 Å².